The van der Waals surface area contributed by atoms with Crippen LogP contribution in [0, 0.1) is 11.8 Å². The lowest BCUT2D eigenvalue weighted by atomic mass is 9.96. The van der Waals surface area contributed by atoms with E-state index >= 15 is 0 Å². The van der Waals surface area contributed by atoms with Crippen molar-refractivity contribution in [1.29, 1.82) is 0 Å². The van der Waals surface area contributed by atoms with Gasteiger partial charge in [0.05, 0.1) is 36.5 Å². The van der Waals surface area contributed by atoms with Crippen molar-refractivity contribution in [3.63, 3.8) is 0 Å². The van der Waals surface area contributed by atoms with Crippen LogP contribution in [0.2, 0.25) is 0 Å². The molecule has 1 saturated heterocycles. The summed E-state index contributed by atoms with van der Waals surface area (Å²) in [7, 11) is -17.0. The van der Waals surface area contributed by atoms with Gasteiger partial charge in [-0.05, 0) is 54.1 Å². The Kier molecular flexibility index (Phi) is 14.2. The van der Waals surface area contributed by atoms with Gasteiger partial charge in [0.1, 0.15) is 30.6 Å². The molecule has 1 aliphatic carbocycles. The van der Waals surface area contributed by atoms with Crippen molar-refractivity contribution in [1.82, 2.24) is 9.55 Å². The number of hydrogen-bond acceptors (Lipinski definition) is 16. The summed E-state index contributed by atoms with van der Waals surface area (Å²) in [5, 5.41) is 6.73. The van der Waals surface area contributed by atoms with Gasteiger partial charge in [0, 0.05) is 22.4 Å². The topological polar surface area (TPSA) is 372 Å². The third kappa shape index (κ3) is 12.7. The molecule has 3 unspecified atom stereocenters. The number of phosphoric ester groups is 1. The number of rotatable bonds is 17. The largest absolute Gasteiger partial charge is 0.490 e. The Morgan fingerprint density at radius 3 is 2.51 bits per heavy atom. The molecule has 0 radical (unpaired) electrons. The normalized spacial score (nSPS) is 20.6. The van der Waals surface area contributed by atoms with Crippen LogP contribution in [0.5, 0.6) is 5.75 Å². The van der Waals surface area contributed by atoms with Gasteiger partial charge in [-0.15, -0.1) is 0 Å². The number of phosphoric acid groups is 3. The lowest BCUT2D eigenvalue weighted by Crippen LogP contribution is -2.29. The van der Waals surface area contributed by atoms with E-state index in [-0.39, 0.29) is 36.0 Å². The fraction of sp³-hybridized carbons (Fsp3) is 0.480. The van der Waals surface area contributed by atoms with Gasteiger partial charge >= 0.3 is 35.1 Å². The molecule has 0 bridgehead atoms. The van der Waals surface area contributed by atoms with Crippen LogP contribution >= 0.6 is 23.5 Å². The Morgan fingerprint density at radius 1 is 1.11 bits per heavy atom. The van der Waals surface area contributed by atoms with Gasteiger partial charge in [0.25, 0.3) is 0 Å². The van der Waals surface area contributed by atoms with Gasteiger partial charge in [-0.3, -0.25) is 9.09 Å². The number of nitrogens with zero attached hydrogens (tertiary/aromatic N) is 8. The molecule has 2 aliphatic rings. The van der Waals surface area contributed by atoms with Crippen molar-refractivity contribution >= 4 is 35.3 Å². The zero-order chi connectivity index (χ0) is 38.8. The summed E-state index contributed by atoms with van der Waals surface area (Å²) in [5.74, 6) is 4.63. The van der Waals surface area contributed by atoms with Gasteiger partial charge in [-0.1, -0.05) is 22.1 Å². The second-order valence-corrected chi connectivity index (χ2v) is 15.2. The van der Waals surface area contributed by atoms with E-state index in [1.807, 2.05) is 0 Å². The molecule has 1 aromatic carbocycles. The molecule has 2 heterocycles. The molecular formula is C25H30N9O16P3. The van der Waals surface area contributed by atoms with Gasteiger partial charge < -0.3 is 44.3 Å². The number of carbonyl (C=O) groups excluding carboxylic acids is 1. The summed E-state index contributed by atoms with van der Waals surface area (Å²) in [4.78, 5) is 71.2. The van der Waals surface area contributed by atoms with E-state index in [0.29, 0.717) is 11.3 Å². The fourth-order valence-corrected chi connectivity index (χ4v) is 7.71. The summed E-state index contributed by atoms with van der Waals surface area (Å²) in [6, 6.07) is 4.66. The number of nitrogens with two attached hydrogens (primary N) is 1. The summed E-state index contributed by atoms with van der Waals surface area (Å²) in [6.45, 7) is -2.11. The summed E-state index contributed by atoms with van der Waals surface area (Å²) in [6.07, 6.45) is 0.170. The van der Waals surface area contributed by atoms with Crippen LogP contribution in [0.25, 0.3) is 20.9 Å². The number of hydrogen-bond donors (Lipinski definition) is 5. The molecule has 0 amide bonds. The molecule has 6 N–H and O–H groups in total. The van der Waals surface area contributed by atoms with E-state index in [9.17, 15) is 33.1 Å². The van der Waals surface area contributed by atoms with Crippen molar-refractivity contribution < 1.29 is 70.2 Å². The Bertz CT molecular complexity index is 2050. The smallest absolute Gasteiger partial charge is 0.490 e. The molecule has 28 heteroatoms. The van der Waals surface area contributed by atoms with E-state index in [1.54, 1.807) is 12.1 Å². The third-order valence-electron chi connectivity index (χ3n) is 7.15. The Hall–Kier alpha value is -4.32. The van der Waals surface area contributed by atoms with Crippen molar-refractivity contribution in [2.24, 2.45) is 10.2 Å². The summed E-state index contributed by atoms with van der Waals surface area (Å²) in [5.41, 5.74) is 22.8. The number of anilines is 1. The second-order valence-electron chi connectivity index (χ2n) is 10.8. The first-order chi connectivity index (χ1) is 25.0. The van der Waals surface area contributed by atoms with Crippen LogP contribution in [0.4, 0.5) is 5.82 Å². The van der Waals surface area contributed by atoms with Crippen LogP contribution in [-0.4, -0.2) is 73.4 Å². The molecule has 53 heavy (non-hydrogen) atoms. The SMILES string of the molecule is [N-]=[N+]=NCOC1C[C@H](n2cc(C#CCOC(=O)c3ccc(OC4CCC4)cc3CN=[N+]=[N-])c(N)nc2=O)O[C@@H]1COP(=O)(O)OP(=O)(O)OP(=O)(O)O. The molecule has 286 valence electrons. The molecule has 2 fully saturated rings. The number of nitrogen functional groups attached to an aromatic ring is 1. The number of esters is 1. The minimum atomic E-state index is -5.81. The van der Waals surface area contributed by atoms with Crippen molar-refractivity contribution in [3.05, 3.63) is 72.5 Å². The van der Waals surface area contributed by atoms with E-state index in [2.05, 4.69) is 50.0 Å². The van der Waals surface area contributed by atoms with Crippen molar-refractivity contribution in [2.45, 2.75) is 56.8 Å². The highest BCUT2D eigenvalue weighted by Gasteiger charge is 2.43. The maximum absolute atomic E-state index is 12.9. The van der Waals surface area contributed by atoms with E-state index in [0.717, 1.165) is 30.0 Å². The van der Waals surface area contributed by atoms with Crippen molar-refractivity contribution in [2.75, 3.05) is 25.7 Å². The standard InChI is InChI=1S/C25H30N9O16P3/c26-23-15(3-2-8-44-24(35)19-7-6-18(47-17-4-1-5-17)9-16(19)11-29-32-27)12-34(25(36)31-23)22-10-20(45-14-30-33-28)21(48-22)13-46-52(40,41)50-53(42,43)49-51(37,38)39/h6-7,9,12,17,20-22H,1,4-5,8,10-11,13-14H2,(H,40,41)(H,42,43)(H2,26,31,36)(H2,37,38,39)/t20?,21-,22-/m1/s1. The molecule has 1 aromatic heterocycles. The van der Waals surface area contributed by atoms with Gasteiger partial charge in [-0.2, -0.15) is 13.6 Å². The Morgan fingerprint density at radius 2 is 1.85 bits per heavy atom. The molecule has 25 nitrogen and oxygen atoms in total. The highest BCUT2D eigenvalue weighted by Crippen LogP contribution is 2.66. The zero-order valence-electron chi connectivity index (χ0n) is 27.0. The molecule has 2 aromatic rings. The predicted octanol–water partition coefficient (Wildman–Crippen LogP) is 3.06. The maximum Gasteiger partial charge on any atom is 0.490 e. The van der Waals surface area contributed by atoms with Gasteiger partial charge in [0.2, 0.25) is 0 Å². The minimum Gasteiger partial charge on any atom is -0.490 e. The first-order valence-electron chi connectivity index (χ1n) is 14.9. The molecule has 5 atom stereocenters. The molecular weight excluding hydrogens is 775 g/mol. The first-order valence-corrected chi connectivity index (χ1v) is 19.4. The molecule has 4 rings (SSSR count). The van der Waals surface area contributed by atoms with Gasteiger partial charge in [0.15, 0.2) is 6.61 Å². The third-order valence-corrected chi connectivity index (χ3v) is 11.0. The first kappa shape index (κ1) is 41.4. The Labute approximate surface area is 297 Å². The quantitative estimate of drug-likeness (QED) is 0.0383. The average molecular weight is 805 g/mol. The number of carbonyl (C=O) groups is 1. The summed E-state index contributed by atoms with van der Waals surface area (Å²) < 4.78 is 69.9. The number of aromatic nitrogens is 2. The van der Waals surface area contributed by atoms with E-state index in [1.165, 1.54) is 6.07 Å². The lowest BCUT2D eigenvalue weighted by Gasteiger charge is -2.26. The lowest BCUT2D eigenvalue weighted by molar-refractivity contribution is -0.0601. The van der Waals surface area contributed by atoms with Crippen molar-refractivity contribution in [3.8, 4) is 17.6 Å². The highest BCUT2D eigenvalue weighted by atomic mass is 31.3. The number of ether oxygens (including phenoxy) is 4. The number of benzene rings is 1. The van der Waals surface area contributed by atoms with Gasteiger partial charge in [-0.25, -0.2) is 23.3 Å². The molecule has 1 aliphatic heterocycles. The van der Waals surface area contributed by atoms with Crippen LogP contribution in [0.1, 0.15) is 53.4 Å². The Balaban J connectivity index is 1.45. The zero-order valence-corrected chi connectivity index (χ0v) is 29.6. The fourth-order valence-electron chi connectivity index (χ4n) is 4.68. The molecule has 1 saturated carbocycles. The van der Waals surface area contributed by atoms with Crippen LogP contribution < -0.4 is 16.2 Å². The van der Waals surface area contributed by atoms with Crippen LogP contribution in [0.15, 0.2) is 39.4 Å². The maximum atomic E-state index is 12.9. The average Bonchev–Trinajstić information content (AvgIpc) is 3.44. The van der Waals surface area contributed by atoms with Crippen LogP contribution in [0.3, 0.4) is 0 Å². The van der Waals surface area contributed by atoms with E-state index < -0.39 is 73.5 Å². The van der Waals surface area contributed by atoms with E-state index in [4.69, 9.17) is 45.5 Å². The second kappa shape index (κ2) is 18.1. The minimum absolute atomic E-state index is 0.0194. The summed E-state index contributed by atoms with van der Waals surface area (Å²) >= 11 is 0. The highest BCUT2D eigenvalue weighted by molar-refractivity contribution is 7.66. The monoisotopic (exact) mass is 805 g/mol. The molecule has 0 spiro atoms. The predicted molar refractivity (Wildman–Crippen MR) is 175 cm³/mol. The van der Waals surface area contributed by atoms with Crippen LogP contribution in [-0.2, 0) is 47.6 Å². The number of azide groups is 2.